The predicted octanol–water partition coefficient (Wildman–Crippen LogP) is 4.18. The highest BCUT2D eigenvalue weighted by atomic mass is 15.2. The van der Waals surface area contributed by atoms with Gasteiger partial charge in [0, 0.05) is 18.3 Å². The van der Waals surface area contributed by atoms with Crippen molar-refractivity contribution in [3.05, 3.63) is 29.3 Å². The Morgan fingerprint density at radius 3 is 2.50 bits per heavy atom. The fourth-order valence-corrected chi connectivity index (χ4v) is 3.70. The number of benzene rings is 1. The Balaban J connectivity index is 2.01. The van der Waals surface area contributed by atoms with Crippen molar-refractivity contribution in [2.45, 2.75) is 52.0 Å². The van der Waals surface area contributed by atoms with Crippen LogP contribution >= 0.6 is 0 Å². The molecular weight excluding hydrogens is 244 g/mol. The number of nitrogens with zero attached hydrogens (tertiary/aromatic N) is 1. The minimum atomic E-state index is 0.227. The first-order chi connectivity index (χ1) is 9.47. The second-order valence-electron chi connectivity index (χ2n) is 7.60. The van der Waals surface area contributed by atoms with Crippen LogP contribution < -0.4 is 5.32 Å². The number of likely N-dealkylation sites (tertiary alicyclic amines) is 1. The molecule has 0 bridgehead atoms. The number of hydrogen-bond donors (Lipinski definition) is 1. The van der Waals surface area contributed by atoms with Crippen LogP contribution in [0.25, 0.3) is 0 Å². The van der Waals surface area contributed by atoms with Crippen molar-refractivity contribution in [2.75, 3.05) is 25.0 Å². The molecule has 1 fully saturated rings. The van der Waals surface area contributed by atoms with Crippen LogP contribution in [0.5, 0.6) is 0 Å². The first kappa shape index (κ1) is 13.9. The molecule has 0 aliphatic carbocycles. The molecule has 2 aliphatic heterocycles. The van der Waals surface area contributed by atoms with Crippen LogP contribution in [0.15, 0.2) is 18.2 Å². The van der Waals surface area contributed by atoms with Crippen molar-refractivity contribution in [2.24, 2.45) is 5.92 Å². The first-order valence-corrected chi connectivity index (χ1v) is 8.09. The Morgan fingerprint density at radius 1 is 1.15 bits per heavy atom. The highest BCUT2D eigenvalue weighted by Crippen LogP contribution is 2.41. The topological polar surface area (TPSA) is 15.3 Å². The van der Waals surface area contributed by atoms with E-state index in [1.165, 1.54) is 42.7 Å². The van der Waals surface area contributed by atoms with Gasteiger partial charge in [0.25, 0.3) is 0 Å². The standard InChI is InChI=1S/C18H28N2/c1-13-12-19-16-8-7-14(18(2,3)4)11-15(16)17(13)20-9-5-6-10-20/h7-8,11,13,17,19H,5-6,9-10,12H2,1-4H3. The third kappa shape index (κ3) is 2.46. The van der Waals surface area contributed by atoms with E-state index in [1.807, 2.05) is 0 Å². The maximum atomic E-state index is 3.62. The molecule has 1 N–H and O–H groups in total. The molecule has 20 heavy (non-hydrogen) atoms. The molecule has 0 aromatic heterocycles. The van der Waals surface area contributed by atoms with Gasteiger partial charge >= 0.3 is 0 Å². The van der Waals surface area contributed by atoms with Gasteiger partial charge in [0.2, 0.25) is 0 Å². The molecule has 2 aliphatic rings. The number of hydrogen-bond acceptors (Lipinski definition) is 2. The van der Waals surface area contributed by atoms with Crippen LogP contribution in [-0.2, 0) is 5.41 Å². The van der Waals surface area contributed by atoms with Crippen LogP contribution in [0, 0.1) is 5.92 Å². The summed E-state index contributed by atoms with van der Waals surface area (Å²) in [5.41, 5.74) is 4.56. The smallest absolute Gasteiger partial charge is 0.0410 e. The Bertz CT molecular complexity index is 481. The second kappa shape index (κ2) is 5.07. The highest BCUT2D eigenvalue weighted by molar-refractivity contribution is 5.57. The van der Waals surface area contributed by atoms with Crippen molar-refractivity contribution in [3.63, 3.8) is 0 Å². The van der Waals surface area contributed by atoms with Crippen molar-refractivity contribution < 1.29 is 0 Å². The Hall–Kier alpha value is -1.02. The minimum absolute atomic E-state index is 0.227. The SMILES string of the molecule is CC1CNc2ccc(C(C)(C)C)cc2C1N1CCCC1. The number of anilines is 1. The summed E-state index contributed by atoms with van der Waals surface area (Å²) in [6, 6.07) is 7.66. The molecule has 110 valence electrons. The van der Waals surface area contributed by atoms with E-state index in [-0.39, 0.29) is 5.41 Å². The van der Waals surface area contributed by atoms with Gasteiger partial charge in [-0.2, -0.15) is 0 Å². The van der Waals surface area contributed by atoms with Crippen LogP contribution in [0.3, 0.4) is 0 Å². The molecule has 1 aromatic carbocycles. The first-order valence-electron chi connectivity index (χ1n) is 8.09. The van der Waals surface area contributed by atoms with E-state index in [2.05, 4.69) is 56.1 Å². The molecular formula is C18H28N2. The van der Waals surface area contributed by atoms with Crippen molar-refractivity contribution in [3.8, 4) is 0 Å². The van der Waals surface area contributed by atoms with Gasteiger partial charge < -0.3 is 5.32 Å². The van der Waals surface area contributed by atoms with Crippen LogP contribution in [-0.4, -0.2) is 24.5 Å². The zero-order valence-electron chi connectivity index (χ0n) is 13.4. The summed E-state index contributed by atoms with van der Waals surface area (Å²) in [6.45, 7) is 13.0. The van der Waals surface area contributed by atoms with Gasteiger partial charge in [0.1, 0.15) is 0 Å². The molecule has 2 unspecified atom stereocenters. The van der Waals surface area contributed by atoms with Gasteiger partial charge in [-0.15, -0.1) is 0 Å². The molecule has 1 saturated heterocycles. The summed E-state index contributed by atoms with van der Waals surface area (Å²) < 4.78 is 0. The molecule has 2 atom stereocenters. The number of rotatable bonds is 1. The van der Waals surface area contributed by atoms with E-state index in [9.17, 15) is 0 Å². The fourth-order valence-electron chi connectivity index (χ4n) is 3.70. The molecule has 0 radical (unpaired) electrons. The lowest BCUT2D eigenvalue weighted by atomic mass is 9.81. The average Bonchev–Trinajstić information content (AvgIpc) is 2.90. The van der Waals surface area contributed by atoms with Gasteiger partial charge in [-0.3, -0.25) is 4.90 Å². The molecule has 0 spiro atoms. The molecule has 0 saturated carbocycles. The van der Waals surface area contributed by atoms with E-state index in [4.69, 9.17) is 0 Å². The largest absolute Gasteiger partial charge is 0.384 e. The van der Waals surface area contributed by atoms with Crippen LogP contribution in [0.2, 0.25) is 0 Å². The number of nitrogens with one attached hydrogen (secondary N) is 1. The minimum Gasteiger partial charge on any atom is -0.384 e. The molecule has 2 heterocycles. The van der Waals surface area contributed by atoms with Gasteiger partial charge in [-0.05, 0) is 54.5 Å². The van der Waals surface area contributed by atoms with Gasteiger partial charge in [-0.25, -0.2) is 0 Å². The Kier molecular flexibility index (Phi) is 3.53. The lowest BCUT2D eigenvalue weighted by molar-refractivity contribution is 0.185. The average molecular weight is 272 g/mol. The Morgan fingerprint density at radius 2 is 1.85 bits per heavy atom. The van der Waals surface area contributed by atoms with Gasteiger partial charge in [0.05, 0.1) is 0 Å². The summed E-state index contributed by atoms with van der Waals surface area (Å²) in [6.07, 6.45) is 2.73. The fraction of sp³-hybridized carbons (Fsp3) is 0.667. The van der Waals surface area contributed by atoms with E-state index in [1.54, 1.807) is 0 Å². The van der Waals surface area contributed by atoms with Crippen molar-refractivity contribution >= 4 is 5.69 Å². The van der Waals surface area contributed by atoms with E-state index >= 15 is 0 Å². The quantitative estimate of drug-likeness (QED) is 0.825. The van der Waals surface area contributed by atoms with E-state index in [0.717, 1.165) is 6.54 Å². The van der Waals surface area contributed by atoms with E-state index in [0.29, 0.717) is 12.0 Å². The molecule has 2 heteroatoms. The molecule has 3 rings (SSSR count). The predicted molar refractivity (Wildman–Crippen MR) is 86.3 cm³/mol. The summed E-state index contributed by atoms with van der Waals surface area (Å²) in [4.78, 5) is 2.71. The van der Waals surface area contributed by atoms with E-state index < -0.39 is 0 Å². The summed E-state index contributed by atoms with van der Waals surface area (Å²) in [5.74, 6) is 0.691. The lowest BCUT2D eigenvalue weighted by Crippen LogP contribution is -2.37. The van der Waals surface area contributed by atoms with Crippen molar-refractivity contribution in [1.29, 1.82) is 0 Å². The monoisotopic (exact) mass is 272 g/mol. The van der Waals surface area contributed by atoms with Crippen molar-refractivity contribution in [1.82, 2.24) is 4.90 Å². The highest BCUT2D eigenvalue weighted by Gasteiger charge is 2.33. The van der Waals surface area contributed by atoms with Crippen LogP contribution in [0.1, 0.15) is 57.7 Å². The summed E-state index contributed by atoms with van der Waals surface area (Å²) in [7, 11) is 0. The number of fused-ring (bicyclic) bond motifs is 1. The van der Waals surface area contributed by atoms with Gasteiger partial charge in [-0.1, -0.05) is 39.8 Å². The second-order valence-corrected chi connectivity index (χ2v) is 7.60. The third-order valence-electron chi connectivity index (χ3n) is 4.92. The molecule has 2 nitrogen and oxygen atoms in total. The Labute approximate surface area is 123 Å². The zero-order chi connectivity index (χ0) is 14.3. The summed E-state index contributed by atoms with van der Waals surface area (Å²) in [5, 5.41) is 3.62. The maximum absolute atomic E-state index is 3.62. The normalized spacial score (nSPS) is 27.2. The summed E-state index contributed by atoms with van der Waals surface area (Å²) >= 11 is 0. The lowest BCUT2D eigenvalue weighted by Gasteiger charge is -2.39. The van der Waals surface area contributed by atoms with Crippen LogP contribution in [0.4, 0.5) is 5.69 Å². The molecule has 0 amide bonds. The third-order valence-corrected chi connectivity index (χ3v) is 4.92. The zero-order valence-corrected chi connectivity index (χ0v) is 13.4. The molecule has 1 aromatic rings. The van der Waals surface area contributed by atoms with Gasteiger partial charge in [0.15, 0.2) is 0 Å². The maximum Gasteiger partial charge on any atom is 0.0410 e.